The number of hydrogen-bond acceptors (Lipinski definition) is 1. The zero-order valence-corrected chi connectivity index (χ0v) is 8.62. The summed E-state index contributed by atoms with van der Waals surface area (Å²) in [7, 11) is 0. The van der Waals surface area contributed by atoms with Crippen LogP contribution in [-0.4, -0.2) is 17.6 Å². The highest BCUT2D eigenvalue weighted by atomic mass is 19.3. The summed E-state index contributed by atoms with van der Waals surface area (Å²) in [6, 6.07) is 0. The van der Waals surface area contributed by atoms with Gasteiger partial charge >= 0.3 is 0 Å². The Hall–Kier alpha value is -0.180. The summed E-state index contributed by atoms with van der Waals surface area (Å²) in [5.41, 5.74) is -0.668. The van der Waals surface area contributed by atoms with E-state index in [9.17, 15) is 8.78 Å². The van der Waals surface area contributed by atoms with E-state index in [0.717, 1.165) is 6.92 Å². The summed E-state index contributed by atoms with van der Waals surface area (Å²) in [5.74, 6) is -2.67. The van der Waals surface area contributed by atoms with Crippen LogP contribution in [0.2, 0.25) is 0 Å². The van der Waals surface area contributed by atoms with Crippen LogP contribution >= 0.6 is 0 Å². The maximum atomic E-state index is 12.3. The minimum absolute atomic E-state index is 0.198. The maximum absolute atomic E-state index is 12.3. The molecule has 12 heavy (non-hydrogen) atoms. The molecule has 0 unspecified atom stereocenters. The highest BCUT2D eigenvalue weighted by Gasteiger charge is 2.31. The number of alkyl halides is 2. The lowest BCUT2D eigenvalue weighted by atomic mass is 9.88. The fourth-order valence-electron chi connectivity index (χ4n) is 0.896. The molecule has 3 heteroatoms. The van der Waals surface area contributed by atoms with Gasteiger partial charge in [0.25, 0.3) is 0 Å². The van der Waals surface area contributed by atoms with Crippen LogP contribution in [0.15, 0.2) is 0 Å². The maximum Gasteiger partial charge on any atom is 0.246 e. The van der Waals surface area contributed by atoms with E-state index in [1.807, 2.05) is 13.8 Å². The average molecular weight is 182 g/mol. The van der Waals surface area contributed by atoms with Gasteiger partial charge in [-0.25, -0.2) is 8.78 Å². The van der Waals surface area contributed by atoms with Crippen molar-refractivity contribution in [3.63, 3.8) is 0 Å². The van der Waals surface area contributed by atoms with Gasteiger partial charge in [-0.3, -0.25) is 0 Å². The largest absolute Gasteiger partial charge is 0.396 e. The van der Waals surface area contributed by atoms with E-state index < -0.39 is 11.3 Å². The molecule has 1 N–H and O–H groups in total. The van der Waals surface area contributed by atoms with Crippen LogP contribution in [-0.2, 0) is 0 Å². The zero-order valence-electron chi connectivity index (χ0n) is 8.62. The van der Waals surface area contributed by atoms with Crippen molar-refractivity contribution in [1.29, 1.82) is 0 Å². The number of aliphatic hydroxyl groups is 1. The van der Waals surface area contributed by atoms with Crippen molar-refractivity contribution >= 4 is 0 Å². The summed E-state index contributed by atoms with van der Waals surface area (Å²) in [6.07, 6.45) is -0.267. The third-order valence-electron chi connectivity index (χ3n) is 1.22. The van der Waals surface area contributed by atoms with Gasteiger partial charge < -0.3 is 5.11 Å². The zero-order chi connectivity index (χ0) is 10.4. The Morgan fingerprint density at radius 1 is 1.08 bits per heavy atom. The van der Waals surface area contributed by atoms with E-state index in [1.165, 1.54) is 0 Å². The second-order valence-corrected chi connectivity index (χ2v) is 3.57. The van der Waals surface area contributed by atoms with Gasteiger partial charge in [0.05, 0.1) is 0 Å². The Morgan fingerprint density at radius 3 is 1.50 bits per heavy atom. The molecule has 0 aromatic rings. The molecule has 76 valence electrons. The summed E-state index contributed by atoms with van der Waals surface area (Å²) in [6.45, 7) is 7.90. The van der Waals surface area contributed by atoms with E-state index in [2.05, 4.69) is 0 Å². The number of rotatable bonds is 3. The second kappa shape index (κ2) is 5.46. The Balaban J connectivity index is 0. The van der Waals surface area contributed by atoms with Gasteiger partial charge in [0.15, 0.2) is 0 Å². The topological polar surface area (TPSA) is 20.2 Å². The van der Waals surface area contributed by atoms with Crippen LogP contribution in [0.4, 0.5) is 8.78 Å². The van der Waals surface area contributed by atoms with Crippen LogP contribution in [0.25, 0.3) is 0 Å². The van der Waals surface area contributed by atoms with Crippen LogP contribution in [0, 0.1) is 5.41 Å². The summed E-state index contributed by atoms with van der Waals surface area (Å²) >= 11 is 0. The molecular formula is C9H20F2O. The Bertz CT molecular complexity index is 106. The molecule has 0 atom stereocenters. The van der Waals surface area contributed by atoms with Gasteiger partial charge in [0, 0.05) is 13.0 Å². The van der Waals surface area contributed by atoms with Gasteiger partial charge in [0.2, 0.25) is 5.92 Å². The van der Waals surface area contributed by atoms with Crippen molar-refractivity contribution in [3.05, 3.63) is 0 Å². The molecule has 0 aliphatic carbocycles. The van der Waals surface area contributed by atoms with Gasteiger partial charge in [-0.2, -0.15) is 0 Å². The highest BCUT2D eigenvalue weighted by Crippen LogP contribution is 2.30. The van der Waals surface area contributed by atoms with Crippen LogP contribution < -0.4 is 0 Å². The minimum Gasteiger partial charge on any atom is -0.396 e. The summed E-state index contributed by atoms with van der Waals surface area (Å²) in [5, 5.41) is 8.62. The van der Waals surface area contributed by atoms with Crippen molar-refractivity contribution in [2.45, 2.75) is 47.0 Å². The smallest absolute Gasteiger partial charge is 0.246 e. The van der Waals surface area contributed by atoms with Crippen LogP contribution in [0.1, 0.15) is 41.0 Å². The normalized spacial score (nSPS) is 12.0. The monoisotopic (exact) mass is 182 g/mol. The molecule has 0 radical (unpaired) electrons. The molecule has 0 aromatic heterocycles. The van der Waals surface area contributed by atoms with E-state index in [1.54, 1.807) is 13.8 Å². The quantitative estimate of drug-likeness (QED) is 0.711. The first-order valence-electron chi connectivity index (χ1n) is 4.25. The molecule has 0 amide bonds. The lowest BCUT2D eigenvalue weighted by molar-refractivity contribution is -0.0343. The number of hydrogen-bond donors (Lipinski definition) is 1. The van der Waals surface area contributed by atoms with Crippen LogP contribution in [0.5, 0.6) is 0 Å². The van der Waals surface area contributed by atoms with Crippen molar-refractivity contribution in [1.82, 2.24) is 0 Å². The van der Waals surface area contributed by atoms with Crippen molar-refractivity contribution in [2.75, 3.05) is 6.61 Å². The van der Waals surface area contributed by atoms with E-state index in [0.29, 0.717) is 0 Å². The molecule has 0 saturated carbocycles. The van der Waals surface area contributed by atoms with E-state index >= 15 is 0 Å². The van der Waals surface area contributed by atoms with Gasteiger partial charge in [-0.1, -0.05) is 27.7 Å². The molecule has 0 rings (SSSR count). The third kappa shape index (κ3) is 9.82. The molecule has 1 nitrogen and oxygen atoms in total. The first-order chi connectivity index (χ1) is 5.27. The Kier molecular flexibility index (Phi) is 6.53. The first kappa shape index (κ1) is 14.3. The second-order valence-electron chi connectivity index (χ2n) is 3.57. The fraction of sp³-hybridized carbons (Fsp3) is 1.00. The molecule has 0 aliphatic rings. The molecule has 0 heterocycles. The predicted octanol–water partition coefficient (Wildman–Crippen LogP) is 3.08. The average Bonchev–Trinajstić information content (AvgIpc) is 1.88. The summed E-state index contributed by atoms with van der Waals surface area (Å²) in [4.78, 5) is 0. The minimum atomic E-state index is -2.67. The molecule has 0 aliphatic heterocycles. The lowest BCUT2D eigenvalue weighted by Gasteiger charge is -2.24. The predicted molar refractivity (Wildman–Crippen MR) is 47.5 cm³/mol. The fourth-order valence-corrected chi connectivity index (χ4v) is 0.896. The molecule has 0 fully saturated rings. The third-order valence-corrected chi connectivity index (χ3v) is 1.22. The van der Waals surface area contributed by atoms with Crippen molar-refractivity contribution in [2.24, 2.45) is 5.41 Å². The standard InChI is InChI=1S/C7H14F2O.C2H6/c1-6(2,5-10)4-7(3,8)9;1-2/h10H,4-5H2,1-3H3;1-2H3. The molecule has 0 saturated heterocycles. The van der Waals surface area contributed by atoms with Crippen molar-refractivity contribution in [3.8, 4) is 0 Å². The van der Waals surface area contributed by atoms with E-state index in [-0.39, 0.29) is 13.0 Å². The van der Waals surface area contributed by atoms with Crippen LogP contribution in [0.3, 0.4) is 0 Å². The van der Waals surface area contributed by atoms with Gasteiger partial charge in [-0.15, -0.1) is 0 Å². The first-order valence-corrected chi connectivity index (χ1v) is 4.25. The Morgan fingerprint density at radius 2 is 1.42 bits per heavy atom. The van der Waals surface area contributed by atoms with Crippen molar-refractivity contribution < 1.29 is 13.9 Å². The number of halogens is 2. The lowest BCUT2D eigenvalue weighted by Crippen LogP contribution is -2.26. The summed E-state index contributed by atoms with van der Waals surface area (Å²) < 4.78 is 24.6. The Labute approximate surface area is 73.8 Å². The highest BCUT2D eigenvalue weighted by molar-refractivity contribution is 4.73. The molecule has 0 bridgehead atoms. The SMILES string of the molecule is CC.CC(F)(F)CC(C)(C)CO. The molecular weight excluding hydrogens is 162 g/mol. The van der Waals surface area contributed by atoms with E-state index in [4.69, 9.17) is 5.11 Å². The number of aliphatic hydroxyl groups excluding tert-OH is 1. The van der Waals surface area contributed by atoms with Gasteiger partial charge in [0.1, 0.15) is 0 Å². The molecule has 0 aromatic carbocycles. The van der Waals surface area contributed by atoms with Gasteiger partial charge in [-0.05, 0) is 12.3 Å². The molecule has 0 spiro atoms.